The fourth-order valence-corrected chi connectivity index (χ4v) is 3.04. The largest absolute Gasteiger partial charge is 0.348 e. The van der Waals surface area contributed by atoms with Crippen LogP contribution in [0.1, 0.15) is 29.2 Å². The second-order valence-electron chi connectivity index (χ2n) is 5.95. The van der Waals surface area contributed by atoms with E-state index in [9.17, 15) is 9.18 Å². The summed E-state index contributed by atoms with van der Waals surface area (Å²) in [6, 6.07) is 8.13. The normalized spacial score (nSPS) is 17.3. The molecule has 0 saturated carbocycles. The van der Waals surface area contributed by atoms with Gasteiger partial charge in [0, 0.05) is 24.4 Å². The molecule has 1 atom stereocenters. The summed E-state index contributed by atoms with van der Waals surface area (Å²) in [4.78, 5) is 16.6. The van der Waals surface area contributed by atoms with Crippen molar-refractivity contribution in [2.45, 2.75) is 31.8 Å². The van der Waals surface area contributed by atoms with Crippen LogP contribution in [0.15, 0.2) is 36.7 Å². The summed E-state index contributed by atoms with van der Waals surface area (Å²) in [5, 5.41) is 11.7. The Labute approximate surface area is 137 Å². The average molecular weight is 325 g/mol. The quantitative estimate of drug-likeness (QED) is 0.783. The summed E-state index contributed by atoms with van der Waals surface area (Å²) < 4.78 is 15.9. The first-order chi connectivity index (χ1) is 11.7. The van der Waals surface area contributed by atoms with Crippen molar-refractivity contribution in [3.05, 3.63) is 54.0 Å². The van der Waals surface area contributed by atoms with Crippen molar-refractivity contribution in [3.63, 3.8) is 0 Å². The molecule has 0 saturated heterocycles. The maximum Gasteiger partial charge on any atom is 0.270 e. The van der Waals surface area contributed by atoms with Crippen LogP contribution in [0, 0.1) is 5.82 Å². The third-order valence-electron chi connectivity index (χ3n) is 4.37. The van der Waals surface area contributed by atoms with Crippen molar-refractivity contribution in [2.75, 3.05) is 0 Å². The Morgan fingerprint density at radius 1 is 1.25 bits per heavy atom. The highest BCUT2D eigenvalue weighted by molar-refractivity contribution is 5.95. The van der Waals surface area contributed by atoms with Crippen LogP contribution in [0.2, 0.25) is 0 Å². The summed E-state index contributed by atoms with van der Waals surface area (Å²) in [5.74, 6) is 0.245. The van der Waals surface area contributed by atoms with E-state index < -0.39 is 5.82 Å². The SMILES string of the molecule is O=C(NC1CCc2nncn2CC1)c1ccc2cccc(F)c2n1. The van der Waals surface area contributed by atoms with Gasteiger partial charge in [0.25, 0.3) is 5.91 Å². The Balaban J connectivity index is 1.50. The van der Waals surface area contributed by atoms with Crippen LogP contribution in [0.3, 0.4) is 0 Å². The van der Waals surface area contributed by atoms with Crippen LogP contribution in [-0.2, 0) is 13.0 Å². The van der Waals surface area contributed by atoms with E-state index in [0.717, 1.165) is 31.6 Å². The highest BCUT2D eigenvalue weighted by Gasteiger charge is 2.20. The van der Waals surface area contributed by atoms with Crippen molar-refractivity contribution >= 4 is 16.8 Å². The molecule has 7 heteroatoms. The number of pyridine rings is 1. The van der Waals surface area contributed by atoms with Crippen LogP contribution in [0.25, 0.3) is 10.9 Å². The molecule has 6 nitrogen and oxygen atoms in total. The Bertz CT molecular complexity index is 884. The highest BCUT2D eigenvalue weighted by atomic mass is 19.1. The lowest BCUT2D eigenvalue weighted by Crippen LogP contribution is -2.35. The summed E-state index contributed by atoms with van der Waals surface area (Å²) in [7, 11) is 0. The molecule has 1 aliphatic heterocycles. The topological polar surface area (TPSA) is 72.7 Å². The number of halogens is 1. The molecule has 4 rings (SSSR count). The summed E-state index contributed by atoms with van der Waals surface area (Å²) in [5.41, 5.74) is 0.452. The maximum absolute atomic E-state index is 13.8. The lowest BCUT2D eigenvalue weighted by molar-refractivity contribution is 0.0928. The number of amides is 1. The first kappa shape index (κ1) is 14.7. The molecule has 0 spiro atoms. The molecule has 0 bridgehead atoms. The van der Waals surface area contributed by atoms with Crippen LogP contribution < -0.4 is 5.32 Å². The lowest BCUT2D eigenvalue weighted by atomic mass is 10.1. The molecule has 3 heterocycles. The number of para-hydroxylation sites is 1. The number of hydrogen-bond acceptors (Lipinski definition) is 4. The van der Waals surface area contributed by atoms with Crippen LogP contribution in [0.4, 0.5) is 4.39 Å². The van der Waals surface area contributed by atoms with Gasteiger partial charge in [-0.05, 0) is 25.0 Å². The molecule has 1 amide bonds. The third-order valence-corrected chi connectivity index (χ3v) is 4.37. The van der Waals surface area contributed by atoms with Gasteiger partial charge < -0.3 is 9.88 Å². The van der Waals surface area contributed by atoms with Gasteiger partial charge in [-0.3, -0.25) is 4.79 Å². The molecule has 2 aromatic heterocycles. The van der Waals surface area contributed by atoms with Crippen LogP contribution >= 0.6 is 0 Å². The standard InChI is InChI=1S/C17H16FN5O/c18-13-3-1-2-11-4-6-14(21-16(11)13)17(24)20-12-5-7-15-22-19-10-23(15)9-8-12/h1-4,6,10,12H,5,7-9H2,(H,20,24). The zero-order valence-corrected chi connectivity index (χ0v) is 12.9. The highest BCUT2D eigenvalue weighted by Crippen LogP contribution is 2.17. The van der Waals surface area contributed by atoms with E-state index in [0.29, 0.717) is 5.39 Å². The van der Waals surface area contributed by atoms with E-state index in [1.54, 1.807) is 30.6 Å². The van der Waals surface area contributed by atoms with Gasteiger partial charge in [-0.25, -0.2) is 9.37 Å². The Kier molecular flexibility index (Phi) is 3.68. The summed E-state index contributed by atoms with van der Waals surface area (Å²) in [6.45, 7) is 0.771. The van der Waals surface area contributed by atoms with E-state index in [-0.39, 0.29) is 23.2 Å². The molecule has 0 radical (unpaired) electrons. The van der Waals surface area contributed by atoms with Crippen molar-refractivity contribution < 1.29 is 9.18 Å². The Morgan fingerprint density at radius 2 is 2.17 bits per heavy atom. The molecule has 3 aromatic rings. The predicted molar refractivity (Wildman–Crippen MR) is 85.9 cm³/mol. The minimum absolute atomic E-state index is 0.0392. The van der Waals surface area contributed by atoms with Gasteiger partial charge in [-0.2, -0.15) is 0 Å². The fraction of sp³-hybridized carbons (Fsp3) is 0.294. The summed E-state index contributed by atoms with van der Waals surface area (Å²) >= 11 is 0. The molecular weight excluding hydrogens is 309 g/mol. The van der Waals surface area contributed by atoms with E-state index in [1.165, 1.54) is 6.07 Å². The number of aromatic nitrogens is 4. The fourth-order valence-electron chi connectivity index (χ4n) is 3.04. The maximum atomic E-state index is 13.8. The van der Waals surface area contributed by atoms with Gasteiger partial charge in [-0.1, -0.05) is 18.2 Å². The van der Waals surface area contributed by atoms with E-state index in [2.05, 4.69) is 20.5 Å². The van der Waals surface area contributed by atoms with Crippen LogP contribution in [-0.4, -0.2) is 31.7 Å². The van der Waals surface area contributed by atoms with Crippen LogP contribution in [0.5, 0.6) is 0 Å². The van der Waals surface area contributed by atoms with E-state index >= 15 is 0 Å². The Hall–Kier alpha value is -2.83. The molecule has 24 heavy (non-hydrogen) atoms. The number of fused-ring (bicyclic) bond motifs is 2. The Morgan fingerprint density at radius 3 is 3.08 bits per heavy atom. The number of nitrogens with one attached hydrogen (secondary N) is 1. The van der Waals surface area contributed by atoms with Crippen molar-refractivity contribution in [1.82, 2.24) is 25.1 Å². The monoisotopic (exact) mass is 325 g/mol. The van der Waals surface area contributed by atoms with Gasteiger partial charge in [0.2, 0.25) is 0 Å². The first-order valence-corrected chi connectivity index (χ1v) is 7.93. The zero-order chi connectivity index (χ0) is 16.5. The number of carbonyl (C=O) groups is 1. The molecule has 0 fully saturated rings. The minimum Gasteiger partial charge on any atom is -0.348 e. The third kappa shape index (κ3) is 2.73. The number of benzene rings is 1. The summed E-state index contributed by atoms with van der Waals surface area (Å²) in [6.07, 6.45) is 4.09. The number of aryl methyl sites for hydroxylation is 2. The van der Waals surface area contributed by atoms with E-state index in [1.807, 2.05) is 4.57 Å². The molecule has 1 N–H and O–H groups in total. The number of rotatable bonds is 2. The van der Waals surface area contributed by atoms with Crippen molar-refractivity contribution in [1.29, 1.82) is 0 Å². The molecule has 0 aliphatic carbocycles. The van der Waals surface area contributed by atoms with Gasteiger partial charge >= 0.3 is 0 Å². The molecule has 122 valence electrons. The minimum atomic E-state index is -0.422. The predicted octanol–water partition coefficient (Wildman–Crippen LogP) is 2.10. The molecule has 1 unspecified atom stereocenters. The van der Waals surface area contributed by atoms with E-state index in [4.69, 9.17) is 0 Å². The first-order valence-electron chi connectivity index (χ1n) is 7.93. The number of carbonyl (C=O) groups excluding carboxylic acids is 1. The molecule has 1 aliphatic rings. The molecular formula is C17H16FN5O. The van der Waals surface area contributed by atoms with Crippen molar-refractivity contribution in [3.8, 4) is 0 Å². The van der Waals surface area contributed by atoms with Gasteiger partial charge in [-0.15, -0.1) is 10.2 Å². The second kappa shape index (κ2) is 5.99. The van der Waals surface area contributed by atoms with Gasteiger partial charge in [0.15, 0.2) is 0 Å². The average Bonchev–Trinajstić information content (AvgIpc) is 2.96. The molecule has 1 aromatic carbocycles. The number of nitrogens with zero attached hydrogens (tertiary/aromatic N) is 4. The number of hydrogen-bond donors (Lipinski definition) is 1. The van der Waals surface area contributed by atoms with Gasteiger partial charge in [0.05, 0.1) is 0 Å². The van der Waals surface area contributed by atoms with Gasteiger partial charge in [0.1, 0.15) is 29.2 Å². The second-order valence-corrected chi connectivity index (χ2v) is 5.95. The zero-order valence-electron chi connectivity index (χ0n) is 12.9. The van der Waals surface area contributed by atoms with Crippen molar-refractivity contribution in [2.24, 2.45) is 0 Å². The smallest absolute Gasteiger partial charge is 0.270 e. The lowest BCUT2D eigenvalue weighted by Gasteiger charge is -2.15.